The van der Waals surface area contributed by atoms with E-state index in [1.807, 2.05) is 33.8 Å². The number of nitrogens with one attached hydrogen (secondary N) is 1. The minimum atomic E-state index is -4.27. The third-order valence-electron chi connectivity index (χ3n) is 5.02. The first-order valence-electron chi connectivity index (χ1n) is 9.62. The molecule has 0 spiro atoms. The first-order chi connectivity index (χ1) is 13.5. The summed E-state index contributed by atoms with van der Waals surface area (Å²) in [5.41, 5.74) is 7.99. The zero-order valence-electron chi connectivity index (χ0n) is 17.5. The third-order valence-corrected chi connectivity index (χ3v) is 6.77. The first-order valence-corrected chi connectivity index (χ1v) is 11.1. The summed E-state index contributed by atoms with van der Waals surface area (Å²) in [6, 6.07) is 3.41. The first kappa shape index (κ1) is 21.0. The molecule has 0 radical (unpaired) electrons. The van der Waals surface area contributed by atoms with Crippen LogP contribution in [0.5, 0.6) is 0 Å². The maximum Gasteiger partial charge on any atom is 0.295 e. The number of benzene rings is 1. The standard InChI is InChI=1S/C20H27N5O3S/c1-10(2)13-7-8-14(16(12(5)6)15(13)11(3)4)29(27,28)25-19(26)17-18(23-9-22-17)24-20(25)21/h7-12H,1-6H3,(H2,21,24)(H,22,23). The number of anilines is 1. The number of aromatic nitrogens is 4. The molecule has 0 fully saturated rings. The number of imidazole rings is 1. The maximum absolute atomic E-state index is 13.6. The minimum Gasteiger partial charge on any atom is -0.368 e. The number of hydrogen-bond donors (Lipinski definition) is 2. The Labute approximate surface area is 170 Å². The molecule has 0 atom stereocenters. The van der Waals surface area contributed by atoms with Gasteiger partial charge in [0.2, 0.25) is 5.95 Å². The summed E-state index contributed by atoms with van der Waals surface area (Å²) < 4.78 is 27.8. The monoisotopic (exact) mass is 417 g/mol. The van der Waals surface area contributed by atoms with Crippen LogP contribution in [0.3, 0.4) is 0 Å². The summed E-state index contributed by atoms with van der Waals surface area (Å²) in [4.78, 5) is 23.5. The summed E-state index contributed by atoms with van der Waals surface area (Å²) in [6.07, 6.45) is 1.28. The van der Waals surface area contributed by atoms with Crippen molar-refractivity contribution in [3.8, 4) is 0 Å². The fourth-order valence-corrected chi connectivity index (χ4v) is 5.48. The predicted molar refractivity (Wildman–Crippen MR) is 114 cm³/mol. The van der Waals surface area contributed by atoms with Gasteiger partial charge in [-0.15, -0.1) is 0 Å². The number of H-pyrrole nitrogens is 1. The molecule has 2 heterocycles. The highest BCUT2D eigenvalue weighted by molar-refractivity contribution is 7.90. The van der Waals surface area contributed by atoms with E-state index in [9.17, 15) is 13.2 Å². The van der Waals surface area contributed by atoms with Gasteiger partial charge < -0.3 is 10.7 Å². The van der Waals surface area contributed by atoms with Crippen LogP contribution >= 0.6 is 0 Å². The molecule has 0 aliphatic heterocycles. The van der Waals surface area contributed by atoms with E-state index in [-0.39, 0.29) is 33.8 Å². The maximum atomic E-state index is 13.6. The summed E-state index contributed by atoms with van der Waals surface area (Å²) in [7, 11) is -4.27. The smallest absolute Gasteiger partial charge is 0.295 e. The molecule has 0 bridgehead atoms. The summed E-state index contributed by atoms with van der Waals surface area (Å²) in [5.74, 6) is -0.139. The van der Waals surface area contributed by atoms with Crippen LogP contribution in [0.15, 0.2) is 28.2 Å². The average Bonchev–Trinajstić information content (AvgIpc) is 3.08. The number of rotatable bonds is 5. The van der Waals surface area contributed by atoms with Crippen LogP contribution in [0.1, 0.15) is 76.0 Å². The molecule has 3 rings (SSSR count). The molecule has 156 valence electrons. The Morgan fingerprint density at radius 2 is 1.62 bits per heavy atom. The van der Waals surface area contributed by atoms with E-state index in [4.69, 9.17) is 5.73 Å². The molecule has 3 N–H and O–H groups in total. The predicted octanol–water partition coefficient (Wildman–Crippen LogP) is 3.31. The molecule has 0 amide bonds. The molecule has 29 heavy (non-hydrogen) atoms. The molecule has 0 aliphatic carbocycles. The van der Waals surface area contributed by atoms with Crippen LogP contribution in [-0.4, -0.2) is 27.3 Å². The largest absolute Gasteiger partial charge is 0.368 e. The van der Waals surface area contributed by atoms with Gasteiger partial charge in [-0.2, -0.15) is 8.96 Å². The zero-order valence-corrected chi connectivity index (χ0v) is 18.3. The Bertz CT molecular complexity index is 1240. The van der Waals surface area contributed by atoms with Gasteiger partial charge in [-0.3, -0.25) is 4.79 Å². The van der Waals surface area contributed by atoms with Gasteiger partial charge in [0.1, 0.15) is 0 Å². The van der Waals surface area contributed by atoms with E-state index >= 15 is 0 Å². The zero-order chi connectivity index (χ0) is 21.7. The molecule has 3 aromatic rings. The Morgan fingerprint density at radius 3 is 2.17 bits per heavy atom. The lowest BCUT2D eigenvalue weighted by atomic mass is 9.83. The van der Waals surface area contributed by atoms with E-state index in [0.717, 1.165) is 11.1 Å². The Morgan fingerprint density at radius 1 is 1.00 bits per heavy atom. The van der Waals surface area contributed by atoms with Gasteiger partial charge in [-0.1, -0.05) is 47.6 Å². The van der Waals surface area contributed by atoms with Crippen molar-refractivity contribution in [3.63, 3.8) is 0 Å². The number of nitrogens with zero attached hydrogens (tertiary/aromatic N) is 3. The van der Waals surface area contributed by atoms with Gasteiger partial charge >= 0.3 is 0 Å². The van der Waals surface area contributed by atoms with E-state index < -0.39 is 21.5 Å². The molecule has 0 unspecified atom stereocenters. The lowest BCUT2D eigenvalue weighted by Crippen LogP contribution is -2.32. The van der Waals surface area contributed by atoms with Crippen LogP contribution in [0.2, 0.25) is 0 Å². The van der Waals surface area contributed by atoms with E-state index in [1.165, 1.54) is 6.33 Å². The van der Waals surface area contributed by atoms with Crippen LogP contribution in [0, 0.1) is 0 Å². The van der Waals surface area contributed by atoms with Crippen molar-refractivity contribution in [1.82, 2.24) is 18.9 Å². The van der Waals surface area contributed by atoms with Crippen LogP contribution in [-0.2, 0) is 10.0 Å². The molecular formula is C20H27N5O3S. The molecule has 8 nitrogen and oxygen atoms in total. The quantitative estimate of drug-likeness (QED) is 0.656. The van der Waals surface area contributed by atoms with Gasteiger partial charge in [-0.05, 0) is 40.5 Å². The molecular weight excluding hydrogens is 390 g/mol. The van der Waals surface area contributed by atoms with Crippen molar-refractivity contribution in [2.45, 2.75) is 64.2 Å². The topological polar surface area (TPSA) is 124 Å². The van der Waals surface area contributed by atoms with Crippen LogP contribution < -0.4 is 11.3 Å². The highest BCUT2D eigenvalue weighted by Crippen LogP contribution is 2.38. The van der Waals surface area contributed by atoms with E-state index in [0.29, 0.717) is 9.54 Å². The van der Waals surface area contributed by atoms with Gasteiger partial charge in [0.15, 0.2) is 11.2 Å². The second-order valence-corrected chi connectivity index (χ2v) is 9.85. The summed E-state index contributed by atoms with van der Waals surface area (Å²) in [5, 5.41) is 0. The van der Waals surface area contributed by atoms with Gasteiger partial charge in [0.25, 0.3) is 15.6 Å². The van der Waals surface area contributed by atoms with Crippen LogP contribution in [0.4, 0.5) is 5.95 Å². The lowest BCUT2D eigenvalue weighted by Gasteiger charge is -2.25. The second kappa shape index (κ2) is 7.29. The summed E-state index contributed by atoms with van der Waals surface area (Å²) >= 11 is 0. The number of nitrogens with two attached hydrogens (primary N) is 1. The number of aromatic amines is 1. The fraction of sp³-hybridized carbons (Fsp3) is 0.450. The molecule has 2 aromatic heterocycles. The second-order valence-electron chi connectivity index (χ2n) is 8.09. The Kier molecular flexibility index (Phi) is 5.29. The molecule has 0 aliphatic rings. The number of nitrogen functional groups attached to an aromatic ring is 1. The van der Waals surface area contributed by atoms with Crippen molar-refractivity contribution >= 4 is 27.1 Å². The highest BCUT2D eigenvalue weighted by Gasteiger charge is 2.30. The van der Waals surface area contributed by atoms with Gasteiger partial charge in [0, 0.05) is 0 Å². The highest BCUT2D eigenvalue weighted by atomic mass is 32.2. The molecule has 0 saturated heterocycles. The lowest BCUT2D eigenvalue weighted by molar-refractivity contribution is 0.582. The van der Waals surface area contributed by atoms with Crippen molar-refractivity contribution in [3.05, 3.63) is 45.5 Å². The van der Waals surface area contributed by atoms with Crippen molar-refractivity contribution in [1.29, 1.82) is 0 Å². The minimum absolute atomic E-state index is 0.00300. The third kappa shape index (κ3) is 3.33. The fourth-order valence-electron chi connectivity index (χ4n) is 3.82. The SMILES string of the molecule is CC(C)c1ccc(S(=O)(=O)n2c(N)nc3nc[nH]c3c2=O)c(C(C)C)c1C(C)C. The van der Waals surface area contributed by atoms with Gasteiger partial charge in [0.05, 0.1) is 11.2 Å². The number of fused-ring (bicyclic) bond motifs is 1. The normalized spacial score (nSPS) is 12.6. The molecule has 1 aromatic carbocycles. The average molecular weight is 418 g/mol. The number of hydrogen-bond acceptors (Lipinski definition) is 6. The van der Waals surface area contributed by atoms with Crippen molar-refractivity contribution < 1.29 is 8.42 Å². The Hall–Kier alpha value is -2.68. The van der Waals surface area contributed by atoms with E-state index in [1.54, 1.807) is 6.07 Å². The Balaban J connectivity index is 2.42. The molecule has 9 heteroatoms. The summed E-state index contributed by atoms with van der Waals surface area (Å²) in [6.45, 7) is 12.2. The molecule has 0 saturated carbocycles. The van der Waals surface area contributed by atoms with E-state index in [2.05, 4.69) is 28.8 Å². The van der Waals surface area contributed by atoms with Crippen molar-refractivity contribution in [2.24, 2.45) is 0 Å². The van der Waals surface area contributed by atoms with Crippen LogP contribution in [0.25, 0.3) is 11.2 Å². The van der Waals surface area contributed by atoms with Crippen molar-refractivity contribution in [2.75, 3.05) is 5.73 Å². The van der Waals surface area contributed by atoms with Gasteiger partial charge in [-0.25, -0.2) is 13.4 Å².